The van der Waals surface area contributed by atoms with Crippen LogP contribution in [-0.4, -0.2) is 46.2 Å². The van der Waals surface area contributed by atoms with Crippen molar-refractivity contribution in [3.05, 3.63) is 64.9 Å². The molecule has 3 aliphatic rings. The van der Waals surface area contributed by atoms with E-state index in [9.17, 15) is 0 Å². The van der Waals surface area contributed by atoms with Crippen LogP contribution in [0.15, 0.2) is 48.5 Å². The van der Waals surface area contributed by atoms with E-state index in [0.29, 0.717) is 18.1 Å². The lowest BCUT2D eigenvalue weighted by atomic mass is 9.70. The van der Waals surface area contributed by atoms with Crippen LogP contribution in [0.1, 0.15) is 62.4 Å². The van der Waals surface area contributed by atoms with Crippen molar-refractivity contribution in [1.29, 1.82) is 0 Å². The van der Waals surface area contributed by atoms with Crippen molar-refractivity contribution >= 4 is 47.4 Å². The molecule has 4 heterocycles. The molecular formula is C28H37Cl3N4. The van der Waals surface area contributed by atoms with Gasteiger partial charge in [-0.05, 0) is 107 Å². The van der Waals surface area contributed by atoms with E-state index in [0.717, 1.165) is 23.6 Å². The summed E-state index contributed by atoms with van der Waals surface area (Å²) in [5.74, 6) is 1.17. The van der Waals surface area contributed by atoms with Gasteiger partial charge in [0.1, 0.15) is 5.82 Å². The lowest BCUT2D eigenvalue weighted by Crippen LogP contribution is -2.47. The van der Waals surface area contributed by atoms with Gasteiger partial charge < -0.3 is 9.88 Å². The summed E-state index contributed by atoms with van der Waals surface area (Å²) in [6.45, 7) is 5.60. The van der Waals surface area contributed by atoms with Gasteiger partial charge in [0.05, 0.1) is 11.0 Å². The number of imidazole rings is 1. The average Bonchev–Trinajstić information content (AvgIpc) is 3.29. The molecule has 0 radical (unpaired) electrons. The van der Waals surface area contributed by atoms with E-state index in [4.69, 9.17) is 16.6 Å². The van der Waals surface area contributed by atoms with E-state index >= 15 is 0 Å². The summed E-state index contributed by atoms with van der Waals surface area (Å²) in [4.78, 5) is 7.73. The van der Waals surface area contributed by atoms with Crippen LogP contribution in [0, 0.1) is 6.92 Å². The Morgan fingerprint density at radius 1 is 0.971 bits per heavy atom. The Balaban J connectivity index is 0.00000144. The SMILES string of the molecule is Cc1nc2ccccc2n1C1C[C@H]2CC[C@@H](C1)N2CCC1(c2cccc(Cl)c2)CCNCC1.Cl.Cl. The van der Waals surface area contributed by atoms with Crippen LogP contribution >= 0.6 is 36.4 Å². The van der Waals surface area contributed by atoms with Crippen molar-refractivity contribution in [3.63, 3.8) is 0 Å². The van der Waals surface area contributed by atoms with Crippen molar-refractivity contribution in [3.8, 4) is 0 Å². The van der Waals surface area contributed by atoms with Gasteiger partial charge in [0, 0.05) is 23.1 Å². The Morgan fingerprint density at radius 3 is 2.40 bits per heavy atom. The molecule has 7 heteroatoms. The Bertz CT molecular complexity index is 1130. The number of aryl methyl sites for hydroxylation is 1. The third-order valence-electron chi connectivity index (χ3n) is 8.84. The minimum Gasteiger partial charge on any atom is -0.325 e. The van der Waals surface area contributed by atoms with E-state index in [1.807, 2.05) is 6.07 Å². The summed E-state index contributed by atoms with van der Waals surface area (Å²) in [6, 6.07) is 19.3. The molecule has 3 atom stereocenters. The number of halogens is 3. The van der Waals surface area contributed by atoms with Crippen molar-refractivity contribution in [1.82, 2.24) is 19.8 Å². The topological polar surface area (TPSA) is 33.1 Å². The van der Waals surface area contributed by atoms with Crippen LogP contribution in [0.3, 0.4) is 0 Å². The van der Waals surface area contributed by atoms with E-state index in [1.54, 1.807) is 0 Å². The number of rotatable bonds is 5. The summed E-state index contributed by atoms with van der Waals surface area (Å²) in [6.07, 6.45) is 8.85. The lowest BCUT2D eigenvalue weighted by Gasteiger charge is -2.44. The fourth-order valence-electron chi connectivity index (χ4n) is 7.20. The third-order valence-corrected chi connectivity index (χ3v) is 9.08. The maximum absolute atomic E-state index is 6.42. The Kier molecular flexibility index (Phi) is 8.39. The highest BCUT2D eigenvalue weighted by Crippen LogP contribution is 2.44. The number of benzene rings is 2. The van der Waals surface area contributed by atoms with Crippen molar-refractivity contribution < 1.29 is 0 Å². The number of fused-ring (bicyclic) bond motifs is 3. The molecule has 4 nitrogen and oxygen atoms in total. The maximum Gasteiger partial charge on any atom is 0.106 e. The molecule has 190 valence electrons. The summed E-state index contributed by atoms with van der Waals surface area (Å²) < 4.78 is 2.54. The van der Waals surface area contributed by atoms with Gasteiger partial charge in [-0.2, -0.15) is 0 Å². The number of nitrogens with one attached hydrogen (secondary N) is 1. The van der Waals surface area contributed by atoms with Crippen LogP contribution in [0.2, 0.25) is 5.02 Å². The molecule has 3 fully saturated rings. The van der Waals surface area contributed by atoms with E-state index < -0.39 is 0 Å². The monoisotopic (exact) mass is 534 g/mol. The molecule has 0 saturated carbocycles. The van der Waals surface area contributed by atoms with E-state index in [1.165, 1.54) is 68.4 Å². The first kappa shape index (κ1) is 26.8. The molecule has 3 aliphatic heterocycles. The zero-order valence-corrected chi connectivity index (χ0v) is 22.8. The number of hydrogen-bond acceptors (Lipinski definition) is 3. The number of aromatic nitrogens is 2. The molecule has 0 amide bonds. The van der Waals surface area contributed by atoms with Crippen molar-refractivity contribution in [2.75, 3.05) is 19.6 Å². The first-order chi connectivity index (χ1) is 16.1. The molecule has 6 rings (SSSR count). The predicted octanol–water partition coefficient (Wildman–Crippen LogP) is 6.72. The van der Waals surface area contributed by atoms with Gasteiger partial charge in [-0.1, -0.05) is 35.9 Å². The molecule has 3 saturated heterocycles. The number of piperidine rings is 2. The highest BCUT2D eigenvalue weighted by Gasteiger charge is 2.43. The van der Waals surface area contributed by atoms with Crippen LogP contribution in [-0.2, 0) is 5.41 Å². The van der Waals surface area contributed by atoms with Crippen LogP contribution in [0.5, 0.6) is 0 Å². The smallest absolute Gasteiger partial charge is 0.106 e. The molecule has 0 spiro atoms. The second-order valence-electron chi connectivity index (χ2n) is 10.6. The van der Waals surface area contributed by atoms with E-state index in [2.05, 4.69) is 64.2 Å². The lowest BCUT2D eigenvalue weighted by molar-refractivity contribution is 0.0929. The highest BCUT2D eigenvalue weighted by molar-refractivity contribution is 6.30. The Hall–Kier alpha value is -1.30. The minimum atomic E-state index is 0. The van der Waals surface area contributed by atoms with Gasteiger partial charge in [0.25, 0.3) is 0 Å². The van der Waals surface area contributed by atoms with Gasteiger partial charge in [-0.3, -0.25) is 4.90 Å². The number of nitrogens with zero attached hydrogens (tertiary/aromatic N) is 3. The first-order valence-electron chi connectivity index (χ1n) is 12.8. The molecular weight excluding hydrogens is 499 g/mol. The molecule has 2 bridgehead atoms. The number of para-hydroxylation sites is 2. The summed E-state index contributed by atoms with van der Waals surface area (Å²) in [5.41, 5.74) is 4.14. The fraction of sp³-hybridized carbons (Fsp3) is 0.536. The summed E-state index contributed by atoms with van der Waals surface area (Å²) >= 11 is 6.42. The Labute approximate surface area is 226 Å². The standard InChI is InChI=1S/C28H35ClN4.2ClH/c1-20-31-26-7-2-3-8-27(26)33(20)25-18-23-9-10-24(19-25)32(23)16-13-28(11-14-30-15-12-28)21-5-4-6-22(29)17-21;;/h2-8,17,23-25,30H,9-16,18-19H2,1H3;2*1H/t23-,24+,25?;;. The summed E-state index contributed by atoms with van der Waals surface area (Å²) in [5, 5.41) is 4.45. The molecule has 2 aromatic carbocycles. The zero-order chi connectivity index (χ0) is 22.4. The largest absolute Gasteiger partial charge is 0.325 e. The zero-order valence-electron chi connectivity index (χ0n) is 20.5. The van der Waals surface area contributed by atoms with Gasteiger partial charge in [0.2, 0.25) is 0 Å². The highest BCUT2D eigenvalue weighted by atomic mass is 35.5. The minimum absolute atomic E-state index is 0. The van der Waals surface area contributed by atoms with E-state index in [-0.39, 0.29) is 30.2 Å². The van der Waals surface area contributed by atoms with Crippen molar-refractivity contribution in [2.24, 2.45) is 0 Å². The van der Waals surface area contributed by atoms with Gasteiger partial charge in [0.15, 0.2) is 0 Å². The molecule has 35 heavy (non-hydrogen) atoms. The molecule has 1 aromatic heterocycles. The Morgan fingerprint density at radius 2 is 1.69 bits per heavy atom. The quantitative estimate of drug-likeness (QED) is 0.394. The van der Waals surface area contributed by atoms with Gasteiger partial charge in [-0.15, -0.1) is 24.8 Å². The molecule has 1 unspecified atom stereocenters. The molecule has 3 aromatic rings. The first-order valence-corrected chi connectivity index (χ1v) is 13.2. The van der Waals surface area contributed by atoms with Crippen LogP contribution in [0.4, 0.5) is 0 Å². The van der Waals surface area contributed by atoms with Gasteiger partial charge >= 0.3 is 0 Å². The predicted molar refractivity (Wildman–Crippen MR) is 151 cm³/mol. The maximum atomic E-state index is 6.42. The van der Waals surface area contributed by atoms with Gasteiger partial charge in [-0.25, -0.2) is 4.98 Å². The van der Waals surface area contributed by atoms with Crippen LogP contribution < -0.4 is 5.32 Å². The molecule has 1 N–H and O–H groups in total. The normalized spacial score (nSPS) is 25.7. The second kappa shape index (κ2) is 11.0. The van der Waals surface area contributed by atoms with Crippen molar-refractivity contribution in [2.45, 2.75) is 75.4 Å². The summed E-state index contributed by atoms with van der Waals surface area (Å²) in [7, 11) is 0. The second-order valence-corrected chi connectivity index (χ2v) is 11.0. The van der Waals surface area contributed by atoms with Crippen LogP contribution in [0.25, 0.3) is 11.0 Å². The number of hydrogen-bond donors (Lipinski definition) is 1. The third kappa shape index (κ3) is 4.98. The average molecular weight is 536 g/mol. The molecule has 0 aliphatic carbocycles. The fourth-order valence-corrected chi connectivity index (χ4v) is 7.39.